The lowest BCUT2D eigenvalue weighted by Crippen LogP contribution is -2.48. The molecule has 1 aromatic rings. The predicted molar refractivity (Wildman–Crippen MR) is 78.9 cm³/mol. The second kappa shape index (κ2) is 7.26. The Balaban J connectivity index is 1.74. The molecule has 5 heteroatoms. The summed E-state index contributed by atoms with van der Waals surface area (Å²) in [5.41, 5.74) is 2.11. The van der Waals surface area contributed by atoms with Gasteiger partial charge in [-0.15, -0.1) is 0 Å². The number of ether oxygens (including phenoxy) is 1. The molecule has 0 aromatic heterocycles. The minimum absolute atomic E-state index is 0.0672. The van der Waals surface area contributed by atoms with Crippen LogP contribution in [0, 0.1) is 13.8 Å². The van der Waals surface area contributed by atoms with Crippen molar-refractivity contribution in [1.82, 2.24) is 15.5 Å². The van der Waals surface area contributed by atoms with Crippen LogP contribution in [0.5, 0.6) is 5.75 Å². The molecule has 20 heavy (non-hydrogen) atoms. The van der Waals surface area contributed by atoms with E-state index in [2.05, 4.69) is 15.5 Å². The van der Waals surface area contributed by atoms with Crippen molar-refractivity contribution in [2.45, 2.75) is 13.8 Å². The van der Waals surface area contributed by atoms with Gasteiger partial charge < -0.3 is 15.4 Å². The Labute approximate surface area is 120 Å². The highest BCUT2D eigenvalue weighted by Gasteiger charge is 2.11. The molecule has 1 aliphatic rings. The Bertz CT molecular complexity index is 436. The first-order chi connectivity index (χ1) is 9.66. The van der Waals surface area contributed by atoms with Crippen LogP contribution in [0.3, 0.4) is 0 Å². The molecule has 0 atom stereocenters. The van der Waals surface area contributed by atoms with Crippen molar-refractivity contribution in [3.05, 3.63) is 29.3 Å². The maximum absolute atomic E-state index is 11.8. The number of hydrogen-bond acceptors (Lipinski definition) is 4. The van der Waals surface area contributed by atoms with Gasteiger partial charge in [0.05, 0.1) is 6.67 Å². The van der Waals surface area contributed by atoms with Gasteiger partial charge in [-0.2, -0.15) is 0 Å². The Morgan fingerprint density at radius 1 is 1.30 bits per heavy atom. The fraction of sp³-hybridized carbons (Fsp3) is 0.533. The van der Waals surface area contributed by atoms with Gasteiger partial charge in [-0.05, 0) is 25.0 Å². The number of carbonyl (C=O) groups is 1. The highest BCUT2D eigenvalue weighted by molar-refractivity contribution is 5.77. The number of nitrogens with one attached hydrogen (secondary N) is 2. The number of amides is 1. The fourth-order valence-electron chi connectivity index (χ4n) is 2.28. The fourth-order valence-corrected chi connectivity index (χ4v) is 2.28. The number of rotatable bonds is 5. The molecular formula is C15H23N3O2. The second-order valence-corrected chi connectivity index (χ2v) is 5.14. The van der Waals surface area contributed by atoms with Crippen molar-refractivity contribution in [3.63, 3.8) is 0 Å². The summed E-state index contributed by atoms with van der Waals surface area (Å²) in [5, 5.41) is 6.18. The minimum Gasteiger partial charge on any atom is -0.483 e. The van der Waals surface area contributed by atoms with Gasteiger partial charge in [0.15, 0.2) is 6.61 Å². The van der Waals surface area contributed by atoms with E-state index in [9.17, 15) is 4.79 Å². The summed E-state index contributed by atoms with van der Waals surface area (Å²) in [7, 11) is 0. The van der Waals surface area contributed by atoms with Crippen LogP contribution in [-0.4, -0.2) is 50.3 Å². The molecule has 2 rings (SSSR count). The topological polar surface area (TPSA) is 53.6 Å². The predicted octanol–water partition coefficient (Wildman–Crippen LogP) is 0.661. The summed E-state index contributed by atoms with van der Waals surface area (Å²) in [6.45, 7) is 8.54. The number of nitrogens with zero attached hydrogens (tertiary/aromatic N) is 1. The van der Waals surface area contributed by atoms with Crippen LogP contribution in [-0.2, 0) is 4.79 Å². The van der Waals surface area contributed by atoms with Crippen LogP contribution in [0.25, 0.3) is 0 Å². The average molecular weight is 277 g/mol. The quantitative estimate of drug-likeness (QED) is 0.830. The van der Waals surface area contributed by atoms with Gasteiger partial charge in [-0.3, -0.25) is 9.69 Å². The average Bonchev–Trinajstić information content (AvgIpc) is 2.46. The molecule has 1 amide bonds. The van der Waals surface area contributed by atoms with Gasteiger partial charge in [0.25, 0.3) is 5.91 Å². The third kappa shape index (κ3) is 4.21. The molecule has 5 nitrogen and oxygen atoms in total. The molecule has 0 saturated carbocycles. The first kappa shape index (κ1) is 14.8. The Kier molecular flexibility index (Phi) is 5.38. The summed E-state index contributed by atoms with van der Waals surface area (Å²) < 4.78 is 5.63. The zero-order valence-electron chi connectivity index (χ0n) is 12.2. The Morgan fingerprint density at radius 2 is 1.95 bits per heavy atom. The van der Waals surface area contributed by atoms with Crippen molar-refractivity contribution in [2.24, 2.45) is 0 Å². The van der Waals surface area contributed by atoms with Crippen LogP contribution in [0.2, 0.25) is 0 Å². The molecule has 1 heterocycles. The summed E-state index contributed by atoms with van der Waals surface area (Å²) in [6, 6.07) is 5.96. The monoisotopic (exact) mass is 277 g/mol. The van der Waals surface area contributed by atoms with Crippen molar-refractivity contribution >= 4 is 5.91 Å². The number of para-hydroxylation sites is 1. The number of carbonyl (C=O) groups excluding carboxylic acids is 1. The number of hydrogen-bond donors (Lipinski definition) is 2. The van der Waals surface area contributed by atoms with Gasteiger partial charge in [0, 0.05) is 26.2 Å². The van der Waals surface area contributed by atoms with E-state index >= 15 is 0 Å². The molecule has 1 saturated heterocycles. The Morgan fingerprint density at radius 3 is 2.60 bits per heavy atom. The van der Waals surface area contributed by atoms with E-state index in [1.807, 2.05) is 32.0 Å². The zero-order chi connectivity index (χ0) is 14.4. The number of benzene rings is 1. The number of piperazine rings is 1. The molecule has 1 aromatic carbocycles. The first-order valence-corrected chi connectivity index (χ1v) is 7.05. The molecule has 1 fully saturated rings. The lowest BCUT2D eigenvalue weighted by molar-refractivity contribution is -0.123. The van der Waals surface area contributed by atoms with Gasteiger partial charge in [0.2, 0.25) is 0 Å². The van der Waals surface area contributed by atoms with Crippen LogP contribution < -0.4 is 15.4 Å². The molecular weight excluding hydrogens is 254 g/mol. The van der Waals surface area contributed by atoms with Crippen LogP contribution >= 0.6 is 0 Å². The lowest BCUT2D eigenvalue weighted by atomic mass is 10.1. The maximum atomic E-state index is 11.8. The Hall–Kier alpha value is -1.59. The van der Waals surface area contributed by atoms with Crippen LogP contribution in [0.4, 0.5) is 0 Å². The van der Waals surface area contributed by atoms with Crippen molar-refractivity contribution in [3.8, 4) is 5.75 Å². The van der Waals surface area contributed by atoms with E-state index in [1.54, 1.807) is 0 Å². The molecule has 0 spiro atoms. The normalized spacial score (nSPS) is 15.9. The molecule has 0 aliphatic carbocycles. The molecule has 0 unspecified atom stereocenters. The molecule has 0 bridgehead atoms. The highest BCUT2D eigenvalue weighted by Crippen LogP contribution is 2.21. The first-order valence-electron chi connectivity index (χ1n) is 7.05. The van der Waals surface area contributed by atoms with E-state index in [-0.39, 0.29) is 12.5 Å². The lowest BCUT2D eigenvalue weighted by Gasteiger charge is -2.27. The number of aryl methyl sites for hydroxylation is 2. The summed E-state index contributed by atoms with van der Waals surface area (Å²) in [6.07, 6.45) is 0. The van der Waals surface area contributed by atoms with Crippen molar-refractivity contribution in [2.75, 3.05) is 39.5 Å². The summed E-state index contributed by atoms with van der Waals surface area (Å²) in [4.78, 5) is 14.0. The van der Waals surface area contributed by atoms with Crippen molar-refractivity contribution in [1.29, 1.82) is 0 Å². The largest absolute Gasteiger partial charge is 0.483 e. The minimum atomic E-state index is -0.0776. The van der Waals surface area contributed by atoms with Gasteiger partial charge in [0.1, 0.15) is 5.75 Å². The van der Waals surface area contributed by atoms with E-state index in [0.717, 1.165) is 43.1 Å². The molecule has 110 valence electrons. The zero-order valence-corrected chi connectivity index (χ0v) is 12.2. The highest BCUT2D eigenvalue weighted by atomic mass is 16.5. The smallest absolute Gasteiger partial charge is 0.258 e. The SMILES string of the molecule is Cc1cccc(C)c1OCC(=O)NCN1CCNCC1. The second-order valence-electron chi connectivity index (χ2n) is 5.14. The molecule has 2 N–H and O–H groups in total. The molecule has 0 radical (unpaired) electrons. The maximum Gasteiger partial charge on any atom is 0.258 e. The third-order valence-electron chi connectivity index (χ3n) is 3.47. The standard InChI is InChI=1S/C15H23N3O2/c1-12-4-3-5-13(2)15(12)20-10-14(19)17-11-18-8-6-16-7-9-18/h3-5,16H,6-11H2,1-2H3,(H,17,19). The van der Waals surface area contributed by atoms with E-state index < -0.39 is 0 Å². The van der Waals surface area contributed by atoms with Gasteiger partial charge in [-0.1, -0.05) is 18.2 Å². The van der Waals surface area contributed by atoms with Gasteiger partial charge >= 0.3 is 0 Å². The van der Waals surface area contributed by atoms with E-state index in [4.69, 9.17) is 4.74 Å². The van der Waals surface area contributed by atoms with Crippen molar-refractivity contribution < 1.29 is 9.53 Å². The summed E-state index contributed by atoms with van der Waals surface area (Å²) >= 11 is 0. The summed E-state index contributed by atoms with van der Waals surface area (Å²) in [5.74, 6) is 0.732. The third-order valence-corrected chi connectivity index (χ3v) is 3.47. The van der Waals surface area contributed by atoms with E-state index in [1.165, 1.54) is 0 Å². The molecule has 1 aliphatic heterocycles. The van der Waals surface area contributed by atoms with Gasteiger partial charge in [-0.25, -0.2) is 0 Å². The van der Waals surface area contributed by atoms with E-state index in [0.29, 0.717) is 6.67 Å². The van der Waals surface area contributed by atoms with Crippen LogP contribution in [0.15, 0.2) is 18.2 Å². The van der Waals surface area contributed by atoms with Crippen LogP contribution in [0.1, 0.15) is 11.1 Å².